The number of hydrogen-bond donors (Lipinski definition) is 1. The van der Waals surface area contributed by atoms with Gasteiger partial charge < -0.3 is 5.73 Å². The van der Waals surface area contributed by atoms with Gasteiger partial charge in [-0.15, -0.1) is 0 Å². The van der Waals surface area contributed by atoms with Crippen molar-refractivity contribution in [2.75, 3.05) is 5.73 Å². The Morgan fingerprint density at radius 3 is 2.50 bits per heavy atom. The first-order valence-corrected chi connectivity index (χ1v) is 4.47. The molecule has 1 heterocycles. The van der Waals surface area contributed by atoms with E-state index in [4.69, 9.17) is 17.3 Å². The van der Waals surface area contributed by atoms with Crippen LogP contribution in [-0.4, -0.2) is 9.97 Å². The molecule has 0 atom stereocenters. The molecule has 2 rings (SSSR count). The predicted octanol–water partition coefficient (Wildman–Crippen LogP) is 2.38. The highest BCUT2D eigenvalue weighted by molar-refractivity contribution is 6.31. The largest absolute Gasteiger partial charge is 0.398 e. The average molecular weight is 206 g/mol. The van der Waals surface area contributed by atoms with Crippen molar-refractivity contribution in [3.8, 4) is 11.4 Å². The van der Waals surface area contributed by atoms with Gasteiger partial charge in [-0.25, -0.2) is 9.97 Å². The van der Waals surface area contributed by atoms with Crippen molar-refractivity contribution in [3.63, 3.8) is 0 Å². The zero-order valence-corrected chi connectivity index (χ0v) is 8.07. The number of nitrogens with zero attached hydrogens (tertiary/aromatic N) is 2. The normalized spacial score (nSPS) is 10.1. The molecule has 0 amide bonds. The molecule has 1 aromatic carbocycles. The van der Waals surface area contributed by atoms with Crippen LogP contribution in [-0.2, 0) is 0 Å². The van der Waals surface area contributed by atoms with Crippen LogP contribution in [0.4, 0.5) is 5.69 Å². The highest BCUT2D eigenvalue weighted by atomic mass is 35.5. The third-order valence-corrected chi connectivity index (χ3v) is 2.06. The van der Waals surface area contributed by atoms with Crippen LogP contribution in [0.15, 0.2) is 36.7 Å². The minimum atomic E-state index is 0.587. The van der Waals surface area contributed by atoms with Gasteiger partial charge in [0.05, 0.1) is 0 Å². The van der Waals surface area contributed by atoms with Crippen molar-refractivity contribution < 1.29 is 0 Å². The molecule has 0 radical (unpaired) electrons. The first-order chi connectivity index (χ1) is 6.77. The van der Waals surface area contributed by atoms with Crippen LogP contribution in [0.2, 0.25) is 5.02 Å². The summed E-state index contributed by atoms with van der Waals surface area (Å²) in [7, 11) is 0. The van der Waals surface area contributed by atoms with Crippen molar-refractivity contribution >= 4 is 17.3 Å². The van der Waals surface area contributed by atoms with E-state index in [-0.39, 0.29) is 0 Å². The van der Waals surface area contributed by atoms with Gasteiger partial charge in [0.25, 0.3) is 0 Å². The van der Waals surface area contributed by atoms with E-state index in [1.165, 1.54) is 0 Å². The van der Waals surface area contributed by atoms with Gasteiger partial charge in [-0.2, -0.15) is 0 Å². The minimum Gasteiger partial charge on any atom is -0.398 e. The highest BCUT2D eigenvalue weighted by Gasteiger charge is 2.04. The molecule has 70 valence electrons. The van der Waals surface area contributed by atoms with Crippen LogP contribution in [0, 0.1) is 0 Å². The van der Waals surface area contributed by atoms with Gasteiger partial charge in [-0.1, -0.05) is 11.6 Å². The highest BCUT2D eigenvalue weighted by Crippen LogP contribution is 2.24. The molecule has 4 heteroatoms. The number of rotatable bonds is 1. The number of nitrogen functional groups attached to an aromatic ring is 1. The fourth-order valence-electron chi connectivity index (χ4n) is 1.18. The molecule has 0 aliphatic heterocycles. The van der Waals surface area contributed by atoms with Crippen molar-refractivity contribution in [2.24, 2.45) is 0 Å². The average Bonchev–Trinajstić information content (AvgIpc) is 2.19. The topological polar surface area (TPSA) is 51.8 Å². The summed E-state index contributed by atoms with van der Waals surface area (Å²) in [6, 6.07) is 7.03. The van der Waals surface area contributed by atoms with Crippen LogP contribution in [0.3, 0.4) is 0 Å². The summed E-state index contributed by atoms with van der Waals surface area (Å²) in [6.07, 6.45) is 3.35. The number of aromatic nitrogens is 2. The molecule has 3 nitrogen and oxygen atoms in total. The van der Waals surface area contributed by atoms with E-state index in [0.29, 0.717) is 16.5 Å². The van der Waals surface area contributed by atoms with E-state index in [2.05, 4.69) is 9.97 Å². The Balaban J connectivity index is 2.53. The first kappa shape index (κ1) is 8.97. The van der Waals surface area contributed by atoms with E-state index in [9.17, 15) is 0 Å². The number of benzene rings is 1. The molecule has 0 fully saturated rings. The number of hydrogen-bond acceptors (Lipinski definition) is 3. The van der Waals surface area contributed by atoms with Crippen molar-refractivity contribution in [1.82, 2.24) is 9.97 Å². The van der Waals surface area contributed by atoms with Gasteiger partial charge in [0.1, 0.15) is 0 Å². The second-order valence-electron chi connectivity index (χ2n) is 2.80. The summed E-state index contributed by atoms with van der Waals surface area (Å²) in [6.45, 7) is 0. The quantitative estimate of drug-likeness (QED) is 0.728. The lowest BCUT2D eigenvalue weighted by Gasteiger charge is -2.03. The Morgan fingerprint density at radius 1 is 1.14 bits per heavy atom. The maximum Gasteiger partial charge on any atom is 0.161 e. The van der Waals surface area contributed by atoms with Crippen molar-refractivity contribution in [1.29, 1.82) is 0 Å². The smallest absolute Gasteiger partial charge is 0.161 e. The fourth-order valence-corrected chi connectivity index (χ4v) is 1.36. The second kappa shape index (κ2) is 3.64. The summed E-state index contributed by atoms with van der Waals surface area (Å²) >= 11 is 5.78. The molecule has 0 saturated heterocycles. The summed E-state index contributed by atoms with van der Waals surface area (Å²) in [5, 5.41) is 0.613. The molecule has 0 unspecified atom stereocenters. The van der Waals surface area contributed by atoms with Gasteiger partial charge in [0.2, 0.25) is 0 Å². The zero-order chi connectivity index (χ0) is 9.97. The lowest BCUT2D eigenvalue weighted by Crippen LogP contribution is -1.93. The maximum absolute atomic E-state index is 5.79. The van der Waals surface area contributed by atoms with E-state index >= 15 is 0 Å². The Morgan fingerprint density at radius 2 is 1.86 bits per heavy atom. The molecule has 0 aliphatic carbocycles. The van der Waals surface area contributed by atoms with Gasteiger partial charge >= 0.3 is 0 Å². The van der Waals surface area contributed by atoms with Crippen LogP contribution in [0.25, 0.3) is 11.4 Å². The number of nitrogens with two attached hydrogens (primary N) is 1. The summed E-state index contributed by atoms with van der Waals surface area (Å²) in [5.41, 5.74) is 7.18. The van der Waals surface area contributed by atoms with E-state index in [0.717, 1.165) is 5.56 Å². The lowest BCUT2D eigenvalue weighted by atomic mass is 10.1. The third kappa shape index (κ3) is 1.67. The maximum atomic E-state index is 5.79. The molecule has 0 spiro atoms. The minimum absolute atomic E-state index is 0.587. The molecule has 14 heavy (non-hydrogen) atoms. The van der Waals surface area contributed by atoms with Crippen molar-refractivity contribution in [2.45, 2.75) is 0 Å². The second-order valence-corrected chi connectivity index (χ2v) is 3.24. The van der Waals surface area contributed by atoms with Gasteiger partial charge in [-0.3, -0.25) is 0 Å². The standard InChI is InChI=1S/C10H8ClN3/c11-7-2-3-8(9(12)6-7)10-13-4-1-5-14-10/h1-6H,12H2. The van der Waals surface area contributed by atoms with Crippen LogP contribution in [0.5, 0.6) is 0 Å². The summed E-state index contributed by atoms with van der Waals surface area (Å²) in [4.78, 5) is 8.21. The van der Waals surface area contributed by atoms with Crippen molar-refractivity contribution in [3.05, 3.63) is 41.7 Å². The third-order valence-electron chi connectivity index (χ3n) is 1.82. The van der Waals surface area contributed by atoms with E-state index in [1.54, 1.807) is 30.6 Å². The van der Waals surface area contributed by atoms with E-state index in [1.807, 2.05) is 6.07 Å². The number of anilines is 1. The SMILES string of the molecule is Nc1cc(Cl)ccc1-c1ncccn1. The Kier molecular flexibility index (Phi) is 2.33. The molecule has 0 bridgehead atoms. The molecule has 1 aromatic heterocycles. The molecule has 2 aromatic rings. The molecule has 0 saturated carbocycles. The molecule has 0 aliphatic rings. The fraction of sp³-hybridized carbons (Fsp3) is 0. The van der Waals surface area contributed by atoms with Crippen LogP contribution < -0.4 is 5.73 Å². The monoisotopic (exact) mass is 205 g/mol. The van der Waals surface area contributed by atoms with Gasteiger partial charge in [0.15, 0.2) is 5.82 Å². The molecular weight excluding hydrogens is 198 g/mol. The molecule has 2 N–H and O–H groups in total. The Bertz CT molecular complexity index is 442. The van der Waals surface area contributed by atoms with Gasteiger partial charge in [-0.05, 0) is 24.3 Å². The summed E-state index contributed by atoms with van der Waals surface area (Å²) < 4.78 is 0. The first-order valence-electron chi connectivity index (χ1n) is 4.10. The summed E-state index contributed by atoms with van der Waals surface area (Å²) in [5.74, 6) is 0.613. The van der Waals surface area contributed by atoms with Crippen LogP contribution in [0.1, 0.15) is 0 Å². The van der Waals surface area contributed by atoms with E-state index < -0.39 is 0 Å². The molecular formula is C10H8ClN3. The van der Waals surface area contributed by atoms with Gasteiger partial charge in [0, 0.05) is 28.7 Å². The zero-order valence-electron chi connectivity index (χ0n) is 7.31. The predicted molar refractivity (Wildman–Crippen MR) is 56.9 cm³/mol. The lowest BCUT2D eigenvalue weighted by molar-refractivity contribution is 1.18. The Labute approximate surface area is 86.6 Å². The Hall–Kier alpha value is -1.61. The van der Waals surface area contributed by atoms with Crippen LogP contribution >= 0.6 is 11.6 Å². The number of halogens is 1.